The maximum atomic E-state index is 13.4. The molecule has 2 aliphatic heterocycles. The number of hydrogen-bond donors (Lipinski definition) is 0. The molecule has 3 aromatic rings. The summed E-state index contributed by atoms with van der Waals surface area (Å²) in [5, 5.41) is 0. The molecule has 0 saturated carbocycles. The van der Waals surface area contributed by atoms with Crippen LogP contribution < -0.4 is 9.47 Å². The number of ether oxygens (including phenoxy) is 2. The lowest BCUT2D eigenvalue weighted by atomic mass is 10.1. The molecule has 1 fully saturated rings. The zero-order chi connectivity index (χ0) is 25.4. The minimum Gasteiger partial charge on any atom is -0.497 e. The second kappa shape index (κ2) is 9.22. The van der Waals surface area contributed by atoms with Gasteiger partial charge >= 0.3 is 6.18 Å². The van der Waals surface area contributed by atoms with Gasteiger partial charge in [-0.15, -0.1) is 0 Å². The van der Waals surface area contributed by atoms with Crippen molar-refractivity contribution < 1.29 is 27.4 Å². The van der Waals surface area contributed by atoms with Crippen LogP contribution in [0.5, 0.6) is 17.2 Å². The van der Waals surface area contributed by atoms with Gasteiger partial charge in [-0.1, -0.05) is 18.2 Å². The summed E-state index contributed by atoms with van der Waals surface area (Å²) < 4.78 is 51.6. The lowest BCUT2D eigenvalue weighted by Gasteiger charge is -2.41. The third-order valence-corrected chi connectivity index (χ3v) is 6.37. The molecule has 5 rings (SSSR count). The molecule has 1 amide bonds. The first-order valence-corrected chi connectivity index (χ1v) is 11.5. The zero-order valence-electron chi connectivity index (χ0n) is 19.7. The highest BCUT2D eigenvalue weighted by atomic mass is 19.4. The van der Waals surface area contributed by atoms with Gasteiger partial charge in [-0.2, -0.15) is 13.2 Å². The molecule has 1 atom stereocenters. The number of fused-ring (bicyclic) bond motifs is 2. The normalized spacial score (nSPS) is 17.4. The highest BCUT2D eigenvalue weighted by Gasteiger charge is 2.34. The molecule has 6 nitrogen and oxygen atoms in total. The van der Waals surface area contributed by atoms with E-state index in [1.54, 1.807) is 30.3 Å². The maximum Gasteiger partial charge on any atom is 0.416 e. The van der Waals surface area contributed by atoms with Gasteiger partial charge in [-0.05, 0) is 49.4 Å². The Bertz CT molecular complexity index is 1320. The van der Waals surface area contributed by atoms with Gasteiger partial charge in [0.2, 0.25) is 0 Å². The van der Waals surface area contributed by atoms with Crippen molar-refractivity contribution in [2.45, 2.75) is 19.1 Å². The van der Waals surface area contributed by atoms with E-state index in [-0.39, 0.29) is 23.4 Å². The van der Waals surface area contributed by atoms with Crippen molar-refractivity contribution in [2.24, 2.45) is 4.99 Å². The number of carbonyl (C=O) groups excluding carboxylic acids is 1. The van der Waals surface area contributed by atoms with E-state index in [1.165, 1.54) is 13.2 Å². The monoisotopic (exact) mass is 495 g/mol. The van der Waals surface area contributed by atoms with Gasteiger partial charge in [-0.25, -0.2) is 4.99 Å². The van der Waals surface area contributed by atoms with Crippen molar-refractivity contribution in [1.29, 1.82) is 0 Å². The van der Waals surface area contributed by atoms with Gasteiger partial charge in [0.25, 0.3) is 5.91 Å². The predicted octanol–water partition coefficient (Wildman–Crippen LogP) is 5.74. The second-order valence-electron chi connectivity index (χ2n) is 8.74. The van der Waals surface area contributed by atoms with Gasteiger partial charge < -0.3 is 19.3 Å². The average Bonchev–Trinajstić information content (AvgIpc) is 3.04. The average molecular weight is 496 g/mol. The van der Waals surface area contributed by atoms with Crippen molar-refractivity contribution in [3.05, 3.63) is 83.4 Å². The zero-order valence-corrected chi connectivity index (χ0v) is 19.7. The molecule has 2 aliphatic rings. The summed E-state index contributed by atoms with van der Waals surface area (Å²) >= 11 is 0. The third kappa shape index (κ3) is 4.48. The summed E-state index contributed by atoms with van der Waals surface area (Å²) in [5.41, 5.74) is 0.535. The van der Waals surface area contributed by atoms with Crippen LogP contribution in [0.3, 0.4) is 0 Å². The first-order valence-electron chi connectivity index (χ1n) is 11.5. The van der Waals surface area contributed by atoms with Gasteiger partial charge in [0, 0.05) is 37.3 Å². The van der Waals surface area contributed by atoms with Crippen molar-refractivity contribution in [2.75, 3.05) is 26.7 Å². The summed E-state index contributed by atoms with van der Waals surface area (Å²) in [7, 11) is 1.53. The van der Waals surface area contributed by atoms with Gasteiger partial charge in [0.05, 0.1) is 18.2 Å². The van der Waals surface area contributed by atoms with E-state index in [2.05, 4.69) is 4.99 Å². The quantitative estimate of drug-likeness (QED) is 0.455. The Morgan fingerprint density at radius 1 is 1.03 bits per heavy atom. The summed E-state index contributed by atoms with van der Waals surface area (Å²) in [4.78, 5) is 21.5. The summed E-state index contributed by atoms with van der Waals surface area (Å²) in [5.74, 6) is 1.64. The Morgan fingerprint density at radius 3 is 2.50 bits per heavy atom. The Labute approximate surface area is 206 Å². The number of aliphatic imine (C=N–C) groups is 1. The van der Waals surface area contributed by atoms with Crippen LogP contribution in [0.15, 0.2) is 71.7 Å². The Balaban J connectivity index is 1.51. The van der Waals surface area contributed by atoms with E-state index in [4.69, 9.17) is 9.47 Å². The van der Waals surface area contributed by atoms with Gasteiger partial charge in [0.15, 0.2) is 5.75 Å². The van der Waals surface area contributed by atoms with Gasteiger partial charge in [-0.3, -0.25) is 4.79 Å². The molecule has 0 bridgehead atoms. The van der Waals surface area contributed by atoms with Crippen LogP contribution in [0, 0.1) is 0 Å². The largest absolute Gasteiger partial charge is 0.497 e. The van der Waals surface area contributed by atoms with E-state index in [0.717, 1.165) is 12.1 Å². The highest BCUT2D eigenvalue weighted by molar-refractivity contribution is 6.04. The second-order valence-corrected chi connectivity index (χ2v) is 8.74. The molecule has 0 N–H and O–H groups in total. The van der Waals surface area contributed by atoms with Crippen LogP contribution in [0.2, 0.25) is 0 Å². The Morgan fingerprint density at radius 2 is 1.81 bits per heavy atom. The lowest BCUT2D eigenvalue weighted by Crippen LogP contribution is -2.55. The molecule has 0 radical (unpaired) electrons. The van der Waals surface area contributed by atoms with Crippen molar-refractivity contribution in [3.8, 4) is 17.2 Å². The fourth-order valence-electron chi connectivity index (χ4n) is 4.50. The fourth-order valence-corrected chi connectivity index (χ4v) is 4.50. The molecule has 186 valence electrons. The SMILES string of the molecule is COc1ccc2c(c1)Oc1ccc(C(F)(F)F)cc1N=C2N1CCN(C(=O)c2ccccc2)C(C)C1. The van der Waals surface area contributed by atoms with Crippen molar-refractivity contribution in [1.82, 2.24) is 9.80 Å². The molecule has 36 heavy (non-hydrogen) atoms. The fraction of sp³-hybridized carbons (Fsp3) is 0.259. The smallest absolute Gasteiger partial charge is 0.416 e. The predicted molar refractivity (Wildman–Crippen MR) is 129 cm³/mol. The Hall–Kier alpha value is -4.01. The number of amides is 1. The van der Waals surface area contributed by atoms with Gasteiger partial charge in [0.1, 0.15) is 23.0 Å². The van der Waals surface area contributed by atoms with Crippen LogP contribution in [0.1, 0.15) is 28.4 Å². The molecule has 2 heterocycles. The standard InChI is InChI=1S/C27H24F3N3O3/c1-17-16-32(12-13-33(17)26(34)18-6-4-3-5-7-18)25-21-10-9-20(35-2)15-24(21)36-23-11-8-19(27(28,29)30)14-22(23)31-25/h3-11,14-15,17H,12-13,16H2,1-2H3. The number of hydrogen-bond acceptors (Lipinski definition) is 5. The number of amidine groups is 1. The van der Waals surface area contributed by atoms with Crippen LogP contribution in [-0.4, -0.2) is 54.3 Å². The molecule has 1 saturated heterocycles. The number of piperazine rings is 1. The first kappa shape index (κ1) is 23.7. The maximum absolute atomic E-state index is 13.4. The number of nitrogens with zero attached hydrogens (tertiary/aromatic N) is 3. The van der Waals surface area contributed by atoms with Crippen molar-refractivity contribution >= 4 is 17.4 Å². The molecule has 0 spiro atoms. The van der Waals surface area contributed by atoms with E-state index in [0.29, 0.717) is 48.1 Å². The number of methoxy groups -OCH3 is 1. The van der Waals surface area contributed by atoms with Crippen LogP contribution in [-0.2, 0) is 6.18 Å². The highest BCUT2D eigenvalue weighted by Crippen LogP contribution is 2.42. The number of carbonyl (C=O) groups is 1. The van der Waals surface area contributed by atoms with E-state index in [1.807, 2.05) is 34.9 Å². The number of alkyl halides is 3. The molecule has 0 aliphatic carbocycles. The van der Waals surface area contributed by atoms with Crippen LogP contribution in [0.4, 0.5) is 18.9 Å². The van der Waals surface area contributed by atoms with E-state index >= 15 is 0 Å². The summed E-state index contributed by atoms with van der Waals surface area (Å²) in [6.07, 6.45) is -4.51. The lowest BCUT2D eigenvalue weighted by molar-refractivity contribution is -0.137. The van der Waals surface area contributed by atoms with Crippen LogP contribution in [0.25, 0.3) is 0 Å². The Kier molecular flexibility index (Phi) is 6.07. The third-order valence-electron chi connectivity index (χ3n) is 6.37. The molecule has 1 unspecified atom stereocenters. The minimum atomic E-state index is -4.51. The molecular formula is C27H24F3N3O3. The molecule has 3 aromatic carbocycles. The molecule has 9 heteroatoms. The molecular weight excluding hydrogens is 471 g/mol. The number of rotatable bonds is 2. The van der Waals surface area contributed by atoms with E-state index < -0.39 is 11.7 Å². The first-order chi connectivity index (χ1) is 17.2. The number of halogens is 3. The minimum absolute atomic E-state index is 0.0563. The number of benzene rings is 3. The van der Waals surface area contributed by atoms with Crippen molar-refractivity contribution in [3.63, 3.8) is 0 Å². The summed E-state index contributed by atoms with van der Waals surface area (Å²) in [6, 6.07) is 17.4. The molecule has 0 aromatic heterocycles. The topological polar surface area (TPSA) is 54.4 Å². The van der Waals surface area contributed by atoms with Crippen LogP contribution >= 0.6 is 0 Å². The van der Waals surface area contributed by atoms with E-state index in [9.17, 15) is 18.0 Å². The summed E-state index contributed by atoms with van der Waals surface area (Å²) in [6.45, 7) is 3.31.